The fourth-order valence-electron chi connectivity index (χ4n) is 1.03. The predicted octanol–water partition coefficient (Wildman–Crippen LogP) is -0.956. The van der Waals surface area contributed by atoms with Crippen molar-refractivity contribution in [3.8, 4) is 0 Å². The predicted molar refractivity (Wildman–Crippen MR) is 75.0 cm³/mol. The maximum atomic E-state index is 11.5. The van der Waals surface area contributed by atoms with E-state index in [0.717, 1.165) is 0 Å². The summed E-state index contributed by atoms with van der Waals surface area (Å²) < 4.78 is 0. The number of anilines is 2. The number of carbonyl (C=O) groups is 2. The molecule has 1 rings (SSSR count). The first-order valence-corrected chi connectivity index (χ1v) is 5.11. The lowest BCUT2D eigenvalue weighted by molar-refractivity contribution is -0.134. The molecular weight excluding hydrogens is 313 g/mol. The van der Waals surface area contributed by atoms with Crippen LogP contribution in [0.4, 0.5) is 11.6 Å². The number of hydrogen-bond donors (Lipinski definition) is 5. The third-order valence-corrected chi connectivity index (χ3v) is 1.98. The lowest BCUT2D eigenvalue weighted by atomic mass is 10.4. The lowest BCUT2D eigenvalue weighted by Crippen LogP contribution is -2.25. The number of guanidine groups is 1. The molecule has 0 spiro atoms. The molecule has 0 saturated heterocycles. The van der Waals surface area contributed by atoms with Gasteiger partial charge in [-0.15, -0.1) is 12.4 Å². The Morgan fingerprint density at radius 2 is 1.95 bits per heavy atom. The summed E-state index contributed by atoms with van der Waals surface area (Å²) in [4.78, 5) is 32.5. The molecule has 20 heavy (non-hydrogen) atoms. The number of nitrogen functional groups attached to an aromatic ring is 1. The van der Waals surface area contributed by atoms with E-state index >= 15 is 0 Å². The van der Waals surface area contributed by atoms with Gasteiger partial charge in [-0.1, -0.05) is 11.6 Å². The van der Waals surface area contributed by atoms with Crippen LogP contribution in [0.5, 0.6) is 0 Å². The maximum Gasteiger partial charge on any atom is 0.322 e. The molecule has 8 N–H and O–H groups in total. The number of nitrogens with two attached hydrogens (primary N) is 3. The SMILES string of the molecule is Cl.NC(N)=NC(=O)c1nc(Cl)c(NCC(=O)O)nc1N. The molecule has 0 bridgehead atoms. The maximum absolute atomic E-state index is 11.5. The molecular formula is C8H11Cl2N7O3. The van der Waals surface area contributed by atoms with Crippen molar-refractivity contribution in [2.24, 2.45) is 16.5 Å². The minimum Gasteiger partial charge on any atom is -0.480 e. The van der Waals surface area contributed by atoms with Crippen molar-refractivity contribution in [1.29, 1.82) is 0 Å². The highest BCUT2D eigenvalue weighted by molar-refractivity contribution is 6.32. The van der Waals surface area contributed by atoms with Crippen molar-refractivity contribution < 1.29 is 14.7 Å². The highest BCUT2D eigenvalue weighted by atomic mass is 35.5. The molecule has 0 fully saturated rings. The van der Waals surface area contributed by atoms with Crippen molar-refractivity contribution >= 4 is 53.5 Å². The zero-order valence-corrected chi connectivity index (χ0v) is 11.4. The largest absolute Gasteiger partial charge is 0.480 e. The molecule has 1 aromatic heterocycles. The van der Waals surface area contributed by atoms with Gasteiger partial charge in [-0.2, -0.15) is 4.99 Å². The van der Waals surface area contributed by atoms with E-state index < -0.39 is 24.4 Å². The molecule has 12 heteroatoms. The summed E-state index contributed by atoms with van der Waals surface area (Å²) >= 11 is 5.72. The van der Waals surface area contributed by atoms with E-state index in [1.54, 1.807) is 0 Å². The van der Waals surface area contributed by atoms with Crippen LogP contribution >= 0.6 is 24.0 Å². The Hall–Kier alpha value is -2.33. The molecule has 1 amide bonds. The molecule has 0 radical (unpaired) electrons. The molecule has 0 aliphatic rings. The van der Waals surface area contributed by atoms with Gasteiger partial charge in [0.1, 0.15) is 6.54 Å². The van der Waals surface area contributed by atoms with Gasteiger partial charge < -0.3 is 27.6 Å². The molecule has 0 aliphatic carbocycles. The van der Waals surface area contributed by atoms with Crippen LogP contribution in [0, 0.1) is 0 Å². The first-order chi connectivity index (χ1) is 8.81. The molecule has 0 atom stereocenters. The van der Waals surface area contributed by atoms with E-state index in [0.29, 0.717) is 0 Å². The Morgan fingerprint density at radius 3 is 2.45 bits per heavy atom. The van der Waals surface area contributed by atoms with E-state index in [4.69, 9.17) is 33.9 Å². The van der Waals surface area contributed by atoms with Crippen LogP contribution in [0.3, 0.4) is 0 Å². The van der Waals surface area contributed by atoms with Crippen molar-refractivity contribution in [2.45, 2.75) is 0 Å². The second kappa shape index (κ2) is 7.31. The smallest absolute Gasteiger partial charge is 0.322 e. The monoisotopic (exact) mass is 323 g/mol. The zero-order valence-electron chi connectivity index (χ0n) is 9.83. The highest BCUT2D eigenvalue weighted by Gasteiger charge is 2.17. The number of aromatic nitrogens is 2. The van der Waals surface area contributed by atoms with Crippen LogP contribution in [0.25, 0.3) is 0 Å². The van der Waals surface area contributed by atoms with Crippen molar-refractivity contribution in [2.75, 3.05) is 17.6 Å². The zero-order chi connectivity index (χ0) is 14.6. The Kier molecular flexibility index (Phi) is 6.45. The number of nitrogens with zero attached hydrogens (tertiary/aromatic N) is 3. The van der Waals surface area contributed by atoms with E-state index in [1.807, 2.05) is 0 Å². The van der Waals surface area contributed by atoms with Crippen LogP contribution in [0.15, 0.2) is 4.99 Å². The molecule has 0 aromatic carbocycles. The minimum atomic E-state index is -1.13. The summed E-state index contributed by atoms with van der Waals surface area (Å²) in [5.74, 6) is -2.85. The molecule has 0 aliphatic heterocycles. The standard InChI is InChI=1S/C8H10ClN7O3.ClH/c9-4-6(13-1-2(17)18)15-5(10)3(14-4)7(19)16-8(11)12;/h1H2,(H,17,18)(H3,10,13,15)(H4,11,12,16,19);1H. The highest BCUT2D eigenvalue weighted by Crippen LogP contribution is 2.20. The van der Waals surface area contributed by atoms with Gasteiger partial charge in [-0.25, -0.2) is 9.97 Å². The second-order valence-corrected chi connectivity index (χ2v) is 3.54. The van der Waals surface area contributed by atoms with E-state index in [9.17, 15) is 9.59 Å². The molecule has 0 saturated carbocycles. The van der Waals surface area contributed by atoms with Crippen molar-refractivity contribution in [3.63, 3.8) is 0 Å². The number of aliphatic carboxylic acids is 1. The average molecular weight is 324 g/mol. The fraction of sp³-hybridized carbons (Fsp3) is 0.125. The summed E-state index contributed by atoms with van der Waals surface area (Å²) in [5, 5.41) is 10.6. The van der Waals surface area contributed by atoms with Gasteiger partial charge in [0, 0.05) is 0 Å². The van der Waals surface area contributed by atoms with Gasteiger partial charge in [0.05, 0.1) is 0 Å². The summed E-state index contributed by atoms with van der Waals surface area (Å²) in [6, 6.07) is 0. The topological polar surface area (TPSA) is 183 Å². The first kappa shape index (κ1) is 17.7. The Morgan fingerprint density at radius 1 is 1.35 bits per heavy atom. The number of rotatable bonds is 4. The minimum absolute atomic E-state index is 0. The molecule has 10 nitrogen and oxygen atoms in total. The Balaban J connectivity index is 0.00000361. The fourth-order valence-corrected chi connectivity index (χ4v) is 1.22. The molecule has 110 valence electrons. The van der Waals surface area contributed by atoms with Crippen LogP contribution < -0.4 is 22.5 Å². The Labute approximate surface area is 123 Å². The van der Waals surface area contributed by atoms with E-state index in [1.165, 1.54) is 0 Å². The number of carbonyl (C=O) groups excluding carboxylic acids is 1. The number of hydrogen-bond acceptors (Lipinski definition) is 6. The summed E-state index contributed by atoms with van der Waals surface area (Å²) in [6.45, 7) is -0.435. The van der Waals surface area contributed by atoms with Gasteiger partial charge in [-0.05, 0) is 0 Å². The van der Waals surface area contributed by atoms with Gasteiger partial charge >= 0.3 is 11.9 Å². The van der Waals surface area contributed by atoms with Crippen LogP contribution in [0.1, 0.15) is 10.5 Å². The Bertz CT molecular complexity index is 559. The molecule has 1 heterocycles. The third-order valence-electron chi connectivity index (χ3n) is 1.72. The number of carboxylic acids is 1. The molecule has 1 aromatic rings. The number of halogens is 2. The third kappa shape index (κ3) is 4.74. The van der Waals surface area contributed by atoms with Crippen LogP contribution in [-0.2, 0) is 4.79 Å². The van der Waals surface area contributed by atoms with Gasteiger partial charge in [0.25, 0.3) is 0 Å². The van der Waals surface area contributed by atoms with Crippen molar-refractivity contribution in [1.82, 2.24) is 9.97 Å². The average Bonchev–Trinajstić information content (AvgIpc) is 2.28. The molecule has 0 unspecified atom stereocenters. The number of aliphatic imine (C=N–C) groups is 1. The number of nitrogens with one attached hydrogen (secondary N) is 1. The lowest BCUT2D eigenvalue weighted by Gasteiger charge is -2.07. The van der Waals surface area contributed by atoms with Gasteiger partial charge in [0.15, 0.2) is 28.4 Å². The summed E-state index contributed by atoms with van der Waals surface area (Å²) in [5.41, 5.74) is 15.2. The van der Waals surface area contributed by atoms with Gasteiger partial charge in [0.2, 0.25) is 0 Å². The summed E-state index contributed by atoms with van der Waals surface area (Å²) in [7, 11) is 0. The van der Waals surface area contributed by atoms with Crippen molar-refractivity contribution in [3.05, 3.63) is 10.8 Å². The van der Waals surface area contributed by atoms with E-state index in [2.05, 4.69) is 20.3 Å². The van der Waals surface area contributed by atoms with Crippen LogP contribution in [0.2, 0.25) is 5.15 Å². The second-order valence-electron chi connectivity index (χ2n) is 3.19. The summed E-state index contributed by atoms with van der Waals surface area (Å²) in [6.07, 6.45) is 0. The first-order valence-electron chi connectivity index (χ1n) is 4.74. The van der Waals surface area contributed by atoms with Crippen LogP contribution in [-0.4, -0.2) is 39.5 Å². The van der Waals surface area contributed by atoms with Gasteiger partial charge in [-0.3, -0.25) is 9.59 Å². The number of carboxylic acid groups (broad SMARTS) is 1. The quantitative estimate of drug-likeness (QED) is 0.344. The number of amides is 1. The van der Waals surface area contributed by atoms with E-state index in [-0.39, 0.29) is 34.9 Å². The normalized spacial score (nSPS) is 9.25.